The number of carbonyl (C=O) groups excluding carboxylic acids is 1. The lowest BCUT2D eigenvalue weighted by Crippen LogP contribution is -2.31. The van der Waals surface area contributed by atoms with Gasteiger partial charge in [-0.2, -0.15) is 0 Å². The van der Waals surface area contributed by atoms with E-state index in [2.05, 4.69) is 4.72 Å². The Morgan fingerprint density at radius 3 is 2.43 bits per heavy atom. The Morgan fingerprint density at radius 1 is 1.00 bits per heavy atom. The first-order valence-electron chi connectivity index (χ1n) is 9.28. The van der Waals surface area contributed by atoms with Crippen LogP contribution < -0.4 is 9.46 Å². The SMILES string of the molecule is COc1cccc(CS(=O)(=O)NCC(=O)c2cc(-c3ccccc3)cc(C)c2F)c1. The summed E-state index contributed by atoms with van der Waals surface area (Å²) in [6, 6.07) is 19.0. The van der Waals surface area contributed by atoms with Crippen molar-refractivity contribution in [3.63, 3.8) is 0 Å². The quantitative estimate of drug-likeness (QED) is 0.549. The summed E-state index contributed by atoms with van der Waals surface area (Å²) < 4.78 is 46.7. The number of nitrogens with one attached hydrogen (secondary N) is 1. The summed E-state index contributed by atoms with van der Waals surface area (Å²) in [5, 5.41) is 0. The van der Waals surface area contributed by atoms with Crippen LogP contribution >= 0.6 is 0 Å². The van der Waals surface area contributed by atoms with E-state index in [1.54, 1.807) is 37.3 Å². The molecule has 0 bridgehead atoms. The zero-order valence-corrected chi connectivity index (χ0v) is 17.5. The largest absolute Gasteiger partial charge is 0.497 e. The zero-order valence-electron chi connectivity index (χ0n) is 16.7. The van der Waals surface area contributed by atoms with Crippen molar-refractivity contribution >= 4 is 15.8 Å². The first kappa shape index (κ1) is 21.7. The van der Waals surface area contributed by atoms with Crippen LogP contribution in [-0.4, -0.2) is 27.9 Å². The van der Waals surface area contributed by atoms with Crippen molar-refractivity contribution in [2.45, 2.75) is 12.7 Å². The molecule has 0 aliphatic rings. The molecule has 0 spiro atoms. The number of hydrogen-bond acceptors (Lipinski definition) is 4. The lowest BCUT2D eigenvalue weighted by atomic mass is 9.98. The fourth-order valence-electron chi connectivity index (χ4n) is 3.07. The molecule has 0 radical (unpaired) electrons. The van der Waals surface area contributed by atoms with E-state index in [4.69, 9.17) is 4.74 Å². The highest BCUT2D eigenvalue weighted by Gasteiger charge is 2.19. The molecule has 3 rings (SSSR count). The molecule has 0 saturated carbocycles. The fraction of sp³-hybridized carbons (Fsp3) is 0.174. The van der Waals surface area contributed by atoms with Gasteiger partial charge in [0, 0.05) is 0 Å². The van der Waals surface area contributed by atoms with E-state index in [9.17, 15) is 17.6 Å². The van der Waals surface area contributed by atoms with Gasteiger partial charge >= 0.3 is 0 Å². The number of hydrogen-bond donors (Lipinski definition) is 1. The highest BCUT2D eigenvalue weighted by atomic mass is 32.2. The Kier molecular flexibility index (Phi) is 6.64. The normalized spacial score (nSPS) is 11.3. The summed E-state index contributed by atoms with van der Waals surface area (Å²) in [6.45, 7) is 1.05. The van der Waals surface area contributed by atoms with E-state index < -0.39 is 28.2 Å². The van der Waals surface area contributed by atoms with Crippen LogP contribution in [0.4, 0.5) is 4.39 Å². The summed E-state index contributed by atoms with van der Waals surface area (Å²) in [5.74, 6) is -1.06. The molecule has 3 aromatic rings. The van der Waals surface area contributed by atoms with Crippen LogP contribution in [0.1, 0.15) is 21.5 Å². The van der Waals surface area contributed by atoms with Gasteiger partial charge in [-0.15, -0.1) is 0 Å². The molecule has 0 unspecified atom stereocenters. The molecule has 0 fully saturated rings. The van der Waals surface area contributed by atoms with Crippen molar-refractivity contribution in [2.75, 3.05) is 13.7 Å². The molecule has 3 aromatic carbocycles. The Hall–Kier alpha value is -3.03. The predicted octanol–water partition coefficient (Wildman–Crippen LogP) is 4.11. The van der Waals surface area contributed by atoms with Crippen molar-refractivity contribution in [1.82, 2.24) is 4.72 Å². The van der Waals surface area contributed by atoms with Gasteiger partial charge in [0.2, 0.25) is 10.0 Å². The van der Waals surface area contributed by atoms with Crippen molar-refractivity contribution < 1.29 is 22.3 Å². The summed E-state index contributed by atoms with van der Waals surface area (Å²) >= 11 is 0. The van der Waals surface area contributed by atoms with Crippen molar-refractivity contribution in [1.29, 1.82) is 0 Å². The van der Waals surface area contributed by atoms with Gasteiger partial charge in [0.05, 0.1) is 25.0 Å². The number of Topliss-reactive ketones (excluding diaryl/α,β-unsaturated/α-hetero) is 1. The predicted molar refractivity (Wildman–Crippen MR) is 115 cm³/mol. The minimum atomic E-state index is -3.80. The van der Waals surface area contributed by atoms with E-state index in [1.807, 2.05) is 30.3 Å². The van der Waals surface area contributed by atoms with Gasteiger partial charge in [0.1, 0.15) is 11.6 Å². The first-order valence-corrected chi connectivity index (χ1v) is 10.9. The van der Waals surface area contributed by atoms with Crippen LogP contribution in [0.25, 0.3) is 11.1 Å². The summed E-state index contributed by atoms with van der Waals surface area (Å²) in [7, 11) is -2.31. The first-order chi connectivity index (χ1) is 14.3. The van der Waals surface area contributed by atoms with E-state index in [0.29, 0.717) is 22.4 Å². The van der Waals surface area contributed by atoms with Gasteiger partial charge in [-0.25, -0.2) is 17.5 Å². The van der Waals surface area contributed by atoms with Gasteiger partial charge in [-0.1, -0.05) is 42.5 Å². The van der Waals surface area contributed by atoms with Crippen molar-refractivity contribution in [2.24, 2.45) is 0 Å². The van der Waals surface area contributed by atoms with Crippen molar-refractivity contribution in [3.8, 4) is 16.9 Å². The third-order valence-electron chi connectivity index (χ3n) is 4.61. The molecule has 156 valence electrons. The molecule has 0 heterocycles. The van der Waals surface area contributed by atoms with Gasteiger partial charge in [-0.05, 0) is 53.4 Å². The Morgan fingerprint density at radius 2 is 1.73 bits per heavy atom. The Balaban J connectivity index is 1.76. The molecule has 0 saturated heterocycles. The lowest BCUT2D eigenvalue weighted by Gasteiger charge is -2.11. The van der Waals surface area contributed by atoms with E-state index in [-0.39, 0.29) is 11.3 Å². The summed E-state index contributed by atoms with van der Waals surface area (Å²) in [4.78, 5) is 12.6. The molecule has 0 aliphatic carbocycles. The van der Waals surface area contributed by atoms with Crippen LogP contribution in [-0.2, 0) is 15.8 Å². The smallest absolute Gasteiger partial charge is 0.216 e. The molecule has 1 N–H and O–H groups in total. The molecular weight excluding hydrogens is 405 g/mol. The standard InChI is InChI=1S/C23H22FNO4S/c1-16-11-19(18-8-4-3-5-9-18)13-21(23(16)24)22(26)14-25-30(27,28)15-17-7-6-10-20(12-17)29-2/h3-13,25H,14-15H2,1-2H3. The number of carbonyl (C=O) groups is 1. The van der Waals surface area contributed by atoms with Crippen LogP contribution in [0.5, 0.6) is 5.75 Å². The minimum Gasteiger partial charge on any atom is -0.497 e. The monoisotopic (exact) mass is 427 g/mol. The molecule has 0 amide bonds. The van der Waals surface area contributed by atoms with Gasteiger partial charge in [0.15, 0.2) is 5.78 Å². The highest BCUT2D eigenvalue weighted by molar-refractivity contribution is 7.88. The second-order valence-corrected chi connectivity index (χ2v) is 8.68. The third-order valence-corrected chi connectivity index (χ3v) is 5.90. The number of methoxy groups -OCH3 is 1. The summed E-state index contributed by atoms with van der Waals surface area (Å²) in [5.41, 5.74) is 2.23. The maximum Gasteiger partial charge on any atom is 0.216 e. The van der Waals surface area contributed by atoms with Crippen molar-refractivity contribution in [3.05, 3.63) is 89.2 Å². The Labute approximate surface area is 175 Å². The zero-order chi connectivity index (χ0) is 21.7. The number of sulfonamides is 1. The minimum absolute atomic E-state index is 0.141. The molecule has 7 heteroatoms. The van der Waals surface area contributed by atoms with Gasteiger partial charge in [0.25, 0.3) is 0 Å². The number of ketones is 1. The maximum absolute atomic E-state index is 14.6. The second-order valence-electron chi connectivity index (χ2n) is 6.88. The number of aryl methyl sites for hydroxylation is 1. The van der Waals surface area contributed by atoms with Crippen LogP contribution in [0, 0.1) is 12.7 Å². The van der Waals surface area contributed by atoms with Gasteiger partial charge < -0.3 is 4.74 Å². The van der Waals surface area contributed by atoms with E-state index in [1.165, 1.54) is 13.2 Å². The van der Waals surface area contributed by atoms with Crippen LogP contribution in [0.3, 0.4) is 0 Å². The maximum atomic E-state index is 14.6. The molecule has 5 nitrogen and oxygen atoms in total. The molecular formula is C23H22FNO4S. The topological polar surface area (TPSA) is 72.5 Å². The molecule has 0 atom stereocenters. The van der Waals surface area contributed by atoms with Crippen LogP contribution in [0.2, 0.25) is 0 Å². The average Bonchev–Trinajstić information content (AvgIpc) is 2.74. The lowest BCUT2D eigenvalue weighted by molar-refractivity contribution is 0.0993. The van der Waals surface area contributed by atoms with Crippen LogP contribution in [0.15, 0.2) is 66.7 Å². The summed E-state index contributed by atoms with van der Waals surface area (Å²) in [6.07, 6.45) is 0. The number of halogens is 1. The Bertz CT molecular complexity index is 1160. The number of ether oxygens (including phenoxy) is 1. The van der Waals surface area contributed by atoms with E-state index >= 15 is 0 Å². The average molecular weight is 427 g/mol. The van der Waals surface area contributed by atoms with E-state index in [0.717, 1.165) is 5.56 Å². The number of rotatable bonds is 8. The highest BCUT2D eigenvalue weighted by Crippen LogP contribution is 2.25. The van der Waals surface area contributed by atoms with Gasteiger partial charge in [-0.3, -0.25) is 4.79 Å². The molecule has 0 aliphatic heterocycles. The molecule has 30 heavy (non-hydrogen) atoms. The molecule has 0 aromatic heterocycles. The third kappa shape index (κ3) is 5.31. The second kappa shape index (κ2) is 9.19. The fourth-order valence-corrected chi connectivity index (χ4v) is 4.14. The number of benzene rings is 3.